The molecule has 20 heavy (non-hydrogen) atoms. The van der Waals surface area contributed by atoms with E-state index in [0.717, 1.165) is 18.5 Å². The molecule has 2 aliphatic carbocycles. The molecule has 0 bridgehead atoms. The van der Waals surface area contributed by atoms with E-state index in [1.807, 2.05) is 6.92 Å². The molecule has 1 saturated carbocycles. The van der Waals surface area contributed by atoms with Crippen LogP contribution in [0, 0.1) is 0 Å². The van der Waals surface area contributed by atoms with Gasteiger partial charge in [0.05, 0.1) is 0 Å². The molecule has 0 radical (unpaired) electrons. The lowest BCUT2D eigenvalue weighted by atomic mass is 10.1. The molecule has 2 aliphatic rings. The van der Waals surface area contributed by atoms with Gasteiger partial charge in [0.15, 0.2) is 0 Å². The number of carbonyl (C=O) groups is 1. The monoisotopic (exact) mass is 272 g/mol. The van der Waals surface area contributed by atoms with Crippen LogP contribution in [0.4, 0.5) is 5.69 Å². The number of carbonyl (C=O) groups excluding carboxylic acids is 1. The van der Waals surface area contributed by atoms with E-state index in [2.05, 4.69) is 28.8 Å². The Morgan fingerprint density at radius 2 is 1.90 bits per heavy atom. The molecule has 1 fully saturated rings. The van der Waals surface area contributed by atoms with Crippen LogP contribution >= 0.6 is 0 Å². The second-order valence-electron chi connectivity index (χ2n) is 6.19. The summed E-state index contributed by atoms with van der Waals surface area (Å²) >= 11 is 0. The van der Waals surface area contributed by atoms with E-state index >= 15 is 0 Å². The SMILES string of the molecule is C[C@@H](Nc1ccc2c(c1)CCC2)C(=O)NC1CCCC1. The average molecular weight is 272 g/mol. The molecule has 1 atom stereocenters. The minimum Gasteiger partial charge on any atom is -0.374 e. The van der Waals surface area contributed by atoms with Gasteiger partial charge in [-0.15, -0.1) is 0 Å². The molecule has 1 aromatic carbocycles. The van der Waals surface area contributed by atoms with Gasteiger partial charge in [-0.05, 0) is 62.3 Å². The molecule has 2 N–H and O–H groups in total. The van der Waals surface area contributed by atoms with Crippen LogP contribution in [0.1, 0.15) is 50.2 Å². The average Bonchev–Trinajstić information content (AvgIpc) is 3.08. The standard InChI is InChI=1S/C17H24N2O/c1-12(17(20)19-15-7-2-3-8-15)18-16-10-9-13-5-4-6-14(13)11-16/h9-12,15,18H,2-8H2,1H3,(H,19,20)/t12-/m1/s1. The van der Waals surface area contributed by atoms with Crippen molar-refractivity contribution < 1.29 is 4.79 Å². The first-order chi connectivity index (χ1) is 9.72. The first kappa shape index (κ1) is 13.5. The number of anilines is 1. The first-order valence-corrected chi connectivity index (χ1v) is 7.91. The molecule has 3 nitrogen and oxygen atoms in total. The first-order valence-electron chi connectivity index (χ1n) is 7.91. The van der Waals surface area contributed by atoms with Crippen molar-refractivity contribution in [2.75, 3.05) is 5.32 Å². The molecule has 3 heteroatoms. The number of aryl methyl sites for hydroxylation is 2. The molecule has 0 unspecified atom stereocenters. The summed E-state index contributed by atoms with van der Waals surface area (Å²) in [7, 11) is 0. The van der Waals surface area contributed by atoms with E-state index in [9.17, 15) is 4.79 Å². The van der Waals surface area contributed by atoms with E-state index < -0.39 is 0 Å². The number of benzene rings is 1. The Balaban J connectivity index is 1.57. The van der Waals surface area contributed by atoms with Crippen molar-refractivity contribution >= 4 is 11.6 Å². The van der Waals surface area contributed by atoms with Crippen molar-refractivity contribution in [2.45, 2.75) is 64.0 Å². The predicted octanol–water partition coefficient (Wildman–Crippen LogP) is 3.03. The molecule has 0 aromatic heterocycles. The second kappa shape index (κ2) is 5.86. The molecule has 108 valence electrons. The molecule has 3 rings (SSSR count). The van der Waals surface area contributed by atoms with Gasteiger partial charge in [0.1, 0.15) is 6.04 Å². The van der Waals surface area contributed by atoms with Gasteiger partial charge in [-0.1, -0.05) is 18.9 Å². The number of amides is 1. The van der Waals surface area contributed by atoms with E-state index in [1.54, 1.807) is 0 Å². The van der Waals surface area contributed by atoms with Gasteiger partial charge in [0.2, 0.25) is 5.91 Å². The number of rotatable bonds is 4. The maximum atomic E-state index is 12.2. The third kappa shape index (κ3) is 2.97. The third-order valence-electron chi connectivity index (χ3n) is 4.58. The summed E-state index contributed by atoms with van der Waals surface area (Å²) in [6.07, 6.45) is 8.40. The van der Waals surface area contributed by atoms with Crippen LogP contribution in [0.15, 0.2) is 18.2 Å². The van der Waals surface area contributed by atoms with Gasteiger partial charge in [0.25, 0.3) is 0 Å². The van der Waals surface area contributed by atoms with Crippen molar-refractivity contribution in [3.63, 3.8) is 0 Å². The zero-order valence-electron chi connectivity index (χ0n) is 12.2. The topological polar surface area (TPSA) is 41.1 Å². The Bertz CT molecular complexity index is 492. The number of nitrogens with one attached hydrogen (secondary N) is 2. The highest BCUT2D eigenvalue weighted by Crippen LogP contribution is 2.25. The van der Waals surface area contributed by atoms with Crippen LogP contribution in [0.3, 0.4) is 0 Å². The number of hydrogen-bond acceptors (Lipinski definition) is 2. The summed E-state index contributed by atoms with van der Waals surface area (Å²) in [5.41, 5.74) is 3.98. The van der Waals surface area contributed by atoms with E-state index in [4.69, 9.17) is 0 Å². The summed E-state index contributed by atoms with van der Waals surface area (Å²) in [6, 6.07) is 6.74. The summed E-state index contributed by atoms with van der Waals surface area (Å²) in [5, 5.41) is 6.48. The Kier molecular flexibility index (Phi) is 3.95. The zero-order chi connectivity index (χ0) is 13.9. The second-order valence-corrected chi connectivity index (χ2v) is 6.19. The van der Waals surface area contributed by atoms with Crippen LogP contribution in [0.25, 0.3) is 0 Å². The van der Waals surface area contributed by atoms with Crippen LogP contribution in [0.5, 0.6) is 0 Å². The van der Waals surface area contributed by atoms with Gasteiger partial charge in [0, 0.05) is 11.7 Å². The maximum Gasteiger partial charge on any atom is 0.242 e. The Morgan fingerprint density at radius 3 is 2.70 bits per heavy atom. The Morgan fingerprint density at radius 1 is 1.15 bits per heavy atom. The van der Waals surface area contributed by atoms with Crippen LogP contribution in [0.2, 0.25) is 0 Å². The fourth-order valence-corrected chi connectivity index (χ4v) is 3.37. The lowest BCUT2D eigenvalue weighted by Gasteiger charge is -2.19. The molecule has 1 amide bonds. The summed E-state index contributed by atoms with van der Waals surface area (Å²) in [6.45, 7) is 1.94. The highest BCUT2D eigenvalue weighted by atomic mass is 16.2. The fourth-order valence-electron chi connectivity index (χ4n) is 3.37. The van der Waals surface area contributed by atoms with Crippen LogP contribution in [-0.4, -0.2) is 18.0 Å². The minimum atomic E-state index is -0.171. The summed E-state index contributed by atoms with van der Waals surface area (Å²) in [5.74, 6) is 0.123. The molecule has 0 heterocycles. The number of fused-ring (bicyclic) bond motifs is 1. The van der Waals surface area contributed by atoms with Crippen LogP contribution < -0.4 is 10.6 Å². The molecular weight excluding hydrogens is 248 g/mol. The highest BCUT2D eigenvalue weighted by molar-refractivity contribution is 5.84. The predicted molar refractivity (Wildman–Crippen MR) is 82.0 cm³/mol. The summed E-state index contributed by atoms with van der Waals surface area (Å²) in [4.78, 5) is 12.2. The lowest BCUT2D eigenvalue weighted by molar-refractivity contribution is -0.122. The molecule has 1 aromatic rings. The number of hydrogen-bond donors (Lipinski definition) is 2. The van der Waals surface area contributed by atoms with Crippen LogP contribution in [-0.2, 0) is 17.6 Å². The van der Waals surface area contributed by atoms with Crippen molar-refractivity contribution in [3.05, 3.63) is 29.3 Å². The Labute approximate surface area is 121 Å². The molecule has 0 aliphatic heterocycles. The molecular formula is C17H24N2O. The largest absolute Gasteiger partial charge is 0.374 e. The maximum absolute atomic E-state index is 12.2. The normalized spacial score (nSPS) is 19.6. The minimum absolute atomic E-state index is 0.123. The zero-order valence-corrected chi connectivity index (χ0v) is 12.2. The third-order valence-corrected chi connectivity index (χ3v) is 4.58. The van der Waals surface area contributed by atoms with E-state index in [1.165, 1.54) is 43.2 Å². The van der Waals surface area contributed by atoms with Gasteiger partial charge in [-0.3, -0.25) is 4.79 Å². The van der Waals surface area contributed by atoms with Gasteiger partial charge < -0.3 is 10.6 Å². The van der Waals surface area contributed by atoms with Crippen molar-refractivity contribution in [1.29, 1.82) is 0 Å². The smallest absolute Gasteiger partial charge is 0.242 e. The fraction of sp³-hybridized carbons (Fsp3) is 0.588. The summed E-state index contributed by atoms with van der Waals surface area (Å²) < 4.78 is 0. The van der Waals surface area contributed by atoms with E-state index in [0.29, 0.717) is 6.04 Å². The van der Waals surface area contributed by atoms with Gasteiger partial charge in [-0.2, -0.15) is 0 Å². The van der Waals surface area contributed by atoms with Crippen molar-refractivity contribution in [1.82, 2.24) is 5.32 Å². The quantitative estimate of drug-likeness (QED) is 0.884. The van der Waals surface area contributed by atoms with E-state index in [-0.39, 0.29) is 11.9 Å². The van der Waals surface area contributed by atoms with Gasteiger partial charge in [-0.25, -0.2) is 0 Å². The molecule has 0 saturated heterocycles. The van der Waals surface area contributed by atoms with Gasteiger partial charge >= 0.3 is 0 Å². The van der Waals surface area contributed by atoms with Crippen molar-refractivity contribution in [3.8, 4) is 0 Å². The van der Waals surface area contributed by atoms with Crippen molar-refractivity contribution in [2.24, 2.45) is 0 Å². The highest BCUT2D eigenvalue weighted by Gasteiger charge is 2.20. The Hall–Kier alpha value is -1.51. The lowest BCUT2D eigenvalue weighted by Crippen LogP contribution is -2.42. The molecule has 0 spiro atoms.